The van der Waals surface area contributed by atoms with Crippen LogP contribution >= 0.6 is 0 Å². The Morgan fingerprint density at radius 1 is 1.15 bits per heavy atom. The quantitative estimate of drug-likeness (QED) is 0.848. The molecule has 0 aliphatic heterocycles. The first-order valence-electron chi connectivity index (χ1n) is 5.72. The molecule has 2 rings (SSSR count). The molecule has 0 aliphatic rings. The van der Waals surface area contributed by atoms with E-state index in [-0.39, 0.29) is 22.7 Å². The molecule has 0 fully saturated rings. The molecule has 0 aliphatic carbocycles. The van der Waals surface area contributed by atoms with Crippen LogP contribution in [0.2, 0.25) is 0 Å². The number of para-hydroxylation sites is 1. The number of halogens is 2. The second kappa shape index (κ2) is 5.56. The summed E-state index contributed by atoms with van der Waals surface area (Å²) in [4.78, 5) is 12.1. The highest BCUT2D eigenvalue weighted by atomic mass is 19.1. The van der Waals surface area contributed by atoms with E-state index in [2.05, 4.69) is 5.32 Å². The van der Waals surface area contributed by atoms with Crippen LogP contribution in [0.5, 0.6) is 5.75 Å². The predicted molar refractivity (Wildman–Crippen MR) is 71.7 cm³/mol. The van der Waals surface area contributed by atoms with Crippen LogP contribution in [0, 0.1) is 11.6 Å². The molecule has 1 amide bonds. The number of anilines is 2. The lowest BCUT2D eigenvalue weighted by Gasteiger charge is -2.12. The highest BCUT2D eigenvalue weighted by Gasteiger charge is 2.19. The Balaban J connectivity index is 2.39. The molecule has 0 saturated carbocycles. The molecule has 0 atom stereocenters. The fourth-order valence-corrected chi connectivity index (χ4v) is 1.74. The van der Waals surface area contributed by atoms with Gasteiger partial charge in [-0.3, -0.25) is 4.79 Å². The van der Waals surface area contributed by atoms with E-state index in [0.29, 0.717) is 0 Å². The molecule has 3 N–H and O–H groups in total. The molecule has 0 spiro atoms. The lowest BCUT2D eigenvalue weighted by molar-refractivity contribution is 0.101. The molecular formula is C14H12F2N2O2. The fourth-order valence-electron chi connectivity index (χ4n) is 1.74. The molecule has 104 valence electrons. The van der Waals surface area contributed by atoms with E-state index < -0.39 is 17.5 Å². The highest BCUT2D eigenvalue weighted by molar-refractivity contribution is 6.07. The Labute approximate surface area is 114 Å². The third-order valence-corrected chi connectivity index (χ3v) is 2.71. The number of nitrogen functional groups attached to an aromatic ring is 1. The summed E-state index contributed by atoms with van der Waals surface area (Å²) in [5.41, 5.74) is 5.13. The molecule has 0 bridgehead atoms. The molecule has 0 radical (unpaired) electrons. The summed E-state index contributed by atoms with van der Waals surface area (Å²) < 4.78 is 32.2. The van der Waals surface area contributed by atoms with Crippen LogP contribution in [0.4, 0.5) is 20.2 Å². The van der Waals surface area contributed by atoms with Crippen molar-refractivity contribution in [1.29, 1.82) is 0 Å². The van der Waals surface area contributed by atoms with Crippen LogP contribution in [-0.4, -0.2) is 13.0 Å². The average molecular weight is 278 g/mol. The van der Waals surface area contributed by atoms with Crippen LogP contribution < -0.4 is 15.8 Å². The van der Waals surface area contributed by atoms with Crippen molar-refractivity contribution in [3.63, 3.8) is 0 Å². The van der Waals surface area contributed by atoms with Gasteiger partial charge < -0.3 is 15.8 Å². The summed E-state index contributed by atoms with van der Waals surface area (Å²) >= 11 is 0. The third kappa shape index (κ3) is 2.54. The molecule has 4 nitrogen and oxygen atoms in total. The summed E-state index contributed by atoms with van der Waals surface area (Å²) in [7, 11) is 1.31. The van der Waals surface area contributed by atoms with Crippen molar-refractivity contribution >= 4 is 17.3 Å². The number of rotatable bonds is 3. The van der Waals surface area contributed by atoms with Gasteiger partial charge >= 0.3 is 0 Å². The number of nitrogens with one attached hydrogen (secondary N) is 1. The molecule has 0 heterocycles. The zero-order chi connectivity index (χ0) is 14.7. The molecule has 0 saturated heterocycles. The number of amides is 1. The van der Waals surface area contributed by atoms with Crippen molar-refractivity contribution in [1.82, 2.24) is 0 Å². The monoisotopic (exact) mass is 278 g/mol. The van der Waals surface area contributed by atoms with Gasteiger partial charge in [0.15, 0.2) is 0 Å². The number of hydrogen-bond donors (Lipinski definition) is 2. The van der Waals surface area contributed by atoms with Gasteiger partial charge in [-0.05, 0) is 24.3 Å². The van der Waals surface area contributed by atoms with E-state index in [0.717, 1.165) is 12.1 Å². The minimum atomic E-state index is -0.836. The van der Waals surface area contributed by atoms with Crippen molar-refractivity contribution in [2.24, 2.45) is 0 Å². The molecule has 0 aromatic heterocycles. The largest absolute Gasteiger partial charge is 0.496 e. The molecule has 2 aromatic rings. The second-order valence-corrected chi connectivity index (χ2v) is 3.98. The standard InChI is InChI=1S/C14H12F2N2O2/c1-20-11-7-3-4-8(15)12(11)14(19)18-13-9(16)5-2-6-10(13)17/h2-7H,17H2,1H3,(H,18,19). The van der Waals surface area contributed by atoms with Crippen LogP contribution in [0.3, 0.4) is 0 Å². The lowest BCUT2D eigenvalue weighted by atomic mass is 10.1. The van der Waals surface area contributed by atoms with E-state index in [1.54, 1.807) is 0 Å². The minimum Gasteiger partial charge on any atom is -0.496 e. The maximum Gasteiger partial charge on any atom is 0.262 e. The van der Waals surface area contributed by atoms with Gasteiger partial charge in [-0.1, -0.05) is 12.1 Å². The van der Waals surface area contributed by atoms with Gasteiger partial charge in [-0.15, -0.1) is 0 Å². The number of carbonyl (C=O) groups excluding carboxylic acids is 1. The SMILES string of the molecule is COc1cccc(F)c1C(=O)Nc1c(N)cccc1F. The summed E-state index contributed by atoms with van der Waals surface area (Å²) in [6.07, 6.45) is 0. The first kappa shape index (κ1) is 13.8. The fraction of sp³-hybridized carbons (Fsp3) is 0.0714. The minimum absolute atomic E-state index is 0.0497. The van der Waals surface area contributed by atoms with Crippen LogP contribution in [0.15, 0.2) is 36.4 Å². The van der Waals surface area contributed by atoms with Crippen molar-refractivity contribution in [2.45, 2.75) is 0 Å². The molecule has 6 heteroatoms. The molecule has 2 aromatic carbocycles. The van der Waals surface area contributed by atoms with E-state index in [1.165, 1.54) is 31.4 Å². The van der Waals surface area contributed by atoms with E-state index >= 15 is 0 Å². The molecular weight excluding hydrogens is 266 g/mol. The number of benzene rings is 2. The van der Waals surface area contributed by atoms with Crippen molar-refractivity contribution in [3.8, 4) is 5.75 Å². The summed E-state index contributed by atoms with van der Waals surface area (Å²) in [5, 5.41) is 2.25. The van der Waals surface area contributed by atoms with Gasteiger partial charge in [-0.2, -0.15) is 0 Å². The Bertz CT molecular complexity index is 639. The third-order valence-electron chi connectivity index (χ3n) is 2.71. The predicted octanol–water partition coefficient (Wildman–Crippen LogP) is 2.81. The number of carbonyl (C=O) groups is 1. The smallest absolute Gasteiger partial charge is 0.262 e. The summed E-state index contributed by atoms with van der Waals surface area (Å²) in [5.74, 6) is -2.25. The van der Waals surface area contributed by atoms with E-state index in [4.69, 9.17) is 10.5 Å². The van der Waals surface area contributed by atoms with Gasteiger partial charge in [0.2, 0.25) is 0 Å². The average Bonchev–Trinajstić information content (AvgIpc) is 2.42. The summed E-state index contributed by atoms with van der Waals surface area (Å²) in [6, 6.07) is 7.93. The first-order chi connectivity index (χ1) is 9.54. The first-order valence-corrected chi connectivity index (χ1v) is 5.72. The number of hydrogen-bond acceptors (Lipinski definition) is 3. The van der Waals surface area contributed by atoms with Crippen molar-refractivity contribution in [2.75, 3.05) is 18.2 Å². The number of ether oxygens (including phenoxy) is 1. The zero-order valence-corrected chi connectivity index (χ0v) is 10.6. The Morgan fingerprint density at radius 3 is 2.45 bits per heavy atom. The summed E-state index contributed by atoms with van der Waals surface area (Å²) in [6.45, 7) is 0. The normalized spacial score (nSPS) is 10.2. The number of nitrogens with two attached hydrogens (primary N) is 1. The van der Waals surface area contributed by atoms with Crippen LogP contribution in [0.1, 0.15) is 10.4 Å². The van der Waals surface area contributed by atoms with Crippen molar-refractivity contribution < 1.29 is 18.3 Å². The Hall–Kier alpha value is -2.63. The molecule has 20 heavy (non-hydrogen) atoms. The maximum absolute atomic E-state index is 13.7. The van der Waals surface area contributed by atoms with Gasteiger partial charge in [0, 0.05) is 0 Å². The van der Waals surface area contributed by atoms with Gasteiger partial charge in [-0.25, -0.2) is 8.78 Å². The lowest BCUT2D eigenvalue weighted by Crippen LogP contribution is -2.17. The van der Waals surface area contributed by atoms with Crippen molar-refractivity contribution in [3.05, 3.63) is 53.6 Å². The Morgan fingerprint density at radius 2 is 1.80 bits per heavy atom. The van der Waals surface area contributed by atoms with Crippen LogP contribution in [0.25, 0.3) is 0 Å². The topological polar surface area (TPSA) is 64.3 Å². The van der Waals surface area contributed by atoms with E-state index in [1.807, 2.05) is 0 Å². The van der Waals surface area contributed by atoms with E-state index in [9.17, 15) is 13.6 Å². The second-order valence-electron chi connectivity index (χ2n) is 3.98. The van der Waals surface area contributed by atoms with Gasteiger partial charge in [0.1, 0.15) is 28.6 Å². The molecule has 0 unspecified atom stereocenters. The van der Waals surface area contributed by atoms with Gasteiger partial charge in [0.05, 0.1) is 12.8 Å². The number of methoxy groups -OCH3 is 1. The maximum atomic E-state index is 13.7. The van der Waals surface area contributed by atoms with Crippen LogP contribution in [-0.2, 0) is 0 Å². The van der Waals surface area contributed by atoms with Gasteiger partial charge in [0.25, 0.3) is 5.91 Å². The Kier molecular flexibility index (Phi) is 3.84. The zero-order valence-electron chi connectivity index (χ0n) is 10.6. The highest BCUT2D eigenvalue weighted by Crippen LogP contribution is 2.26.